The van der Waals surface area contributed by atoms with Crippen molar-refractivity contribution in [3.8, 4) is 5.69 Å². The van der Waals surface area contributed by atoms with E-state index < -0.39 is 0 Å². The van der Waals surface area contributed by atoms with Gasteiger partial charge in [0.1, 0.15) is 18.5 Å². The van der Waals surface area contributed by atoms with Crippen molar-refractivity contribution in [1.29, 1.82) is 0 Å². The first-order valence-corrected chi connectivity index (χ1v) is 11.1. The largest absolute Gasteiger partial charge is 0.338 e. The lowest BCUT2D eigenvalue weighted by molar-refractivity contribution is 0.0706. The first-order valence-electron chi connectivity index (χ1n) is 11.1. The number of carbonyl (C=O) groups is 1. The fraction of sp³-hybridized carbons (Fsp3) is 0.231. The van der Waals surface area contributed by atoms with E-state index in [-0.39, 0.29) is 17.6 Å². The second-order valence-corrected chi connectivity index (χ2v) is 8.37. The van der Waals surface area contributed by atoms with E-state index in [0.29, 0.717) is 18.5 Å². The predicted octanol–water partition coefficient (Wildman–Crippen LogP) is 4.41. The number of piperidine rings is 1. The molecule has 2 aromatic heterocycles. The van der Waals surface area contributed by atoms with E-state index in [1.54, 1.807) is 29.4 Å². The molecule has 2 aromatic carbocycles. The standard InChI is InChI=1S/C26H24FN5O/c27-22-11-9-19(10-12-22)14-23-6-2-8-25(30-23)21-5-3-13-31(16-21)26(33)20-4-1-7-24(15-20)32-17-28-29-18-32/h1-2,4,6-12,15,17-18,21H,3,5,13-14,16H2/t21-/m1/s1. The van der Waals surface area contributed by atoms with Gasteiger partial charge in [-0.3, -0.25) is 14.3 Å². The van der Waals surface area contributed by atoms with Crippen LogP contribution < -0.4 is 0 Å². The molecule has 33 heavy (non-hydrogen) atoms. The van der Waals surface area contributed by atoms with Crippen molar-refractivity contribution in [3.63, 3.8) is 0 Å². The van der Waals surface area contributed by atoms with Crippen LogP contribution in [0.1, 0.15) is 46.1 Å². The van der Waals surface area contributed by atoms with Crippen molar-refractivity contribution in [1.82, 2.24) is 24.6 Å². The quantitative estimate of drug-likeness (QED) is 0.460. The Kier molecular flexibility index (Phi) is 5.93. The van der Waals surface area contributed by atoms with Gasteiger partial charge in [-0.1, -0.05) is 24.3 Å². The Morgan fingerprint density at radius 2 is 1.79 bits per heavy atom. The third kappa shape index (κ3) is 4.82. The fourth-order valence-corrected chi connectivity index (χ4v) is 4.35. The number of hydrogen-bond acceptors (Lipinski definition) is 4. The number of amides is 1. The van der Waals surface area contributed by atoms with Crippen LogP contribution in [0.25, 0.3) is 5.69 Å². The second-order valence-electron chi connectivity index (χ2n) is 8.37. The van der Waals surface area contributed by atoms with E-state index in [4.69, 9.17) is 4.98 Å². The molecule has 1 aliphatic heterocycles. The van der Waals surface area contributed by atoms with E-state index in [0.717, 1.165) is 42.0 Å². The van der Waals surface area contributed by atoms with Crippen LogP contribution in [0.15, 0.2) is 79.4 Å². The highest BCUT2D eigenvalue weighted by atomic mass is 19.1. The maximum absolute atomic E-state index is 13.3. The lowest BCUT2D eigenvalue weighted by atomic mass is 9.93. The minimum Gasteiger partial charge on any atom is -0.338 e. The SMILES string of the molecule is O=C(c1cccc(-n2cnnc2)c1)N1CCC[C@@H](c2cccc(Cc3ccc(F)cc3)n2)C1. The number of benzene rings is 2. The molecule has 1 atom stereocenters. The number of rotatable bonds is 5. The summed E-state index contributed by atoms with van der Waals surface area (Å²) in [5.74, 6) is -0.0198. The first kappa shape index (κ1) is 21.0. The Labute approximate surface area is 191 Å². The molecule has 1 aliphatic rings. The van der Waals surface area contributed by atoms with Crippen LogP contribution in [0, 0.1) is 5.82 Å². The normalized spacial score (nSPS) is 16.0. The second kappa shape index (κ2) is 9.32. The van der Waals surface area contributed by atoms with Gasteiger partial charge in [-0.05, 0) is 60.9 Å². The molecule has 0 spiro atoms. The van der Waals surface area contributed by atoms with Gasteiger partial charge in [0.25, 0.3) is 5.91 Å². The summed E-state index contributed by atoms with van der Waals surface area (Å²) < 4.78 is 15.0. The lowest BCUT2D eigenvalue weighted by Crippen LogP contribution is -2.39. The zero-order chi connectivity index (χ0) is 22.6. The number of hydrogen-bond donors (Lipinski definition) is 0. The molecule has 0 N–H and O–H groups in total. The molecule has 0 radical (unpaired) electrons. The highest BCUT2D eigenvalue weighted by molar-refractivity contribution is 5.94. The average Bonchev–Trinajstić information content (AvgIpc) is 3.41. The van der Waals surface area contributed by atoms with Crippen LogP contribution in [-0.4, -0.2) is 43.6 Å². The van der Waals surface area contributed by atoms with E-state index >= 15 is 0 Å². The molecule has 4 aromatic rings. The number of halogens is 1. The molecule has 166 valence electrons. The van der Waals surface area contributed by atoms with Gasteiger partial charge in [0.05, 0.1) is 0 Å². The predicted molar refractivity (Wildman–Crippen MR) is 123 cm³/mol. The van der Waals surface area contributed by atoms with Gasteiger partial charge in [-0.25, -0.2) is 4.39 Å². The van der Waals surface area contributed by atoms with Gasteiger partial charge in [0.15, 0.2) is 0 Å². The van der Waals surface area contributed by atoms with E-state index in [1.807, 2.05) is 47.4 Å². The van der Waals surface area contributed by atoms with Gasteiger partial charge in [-0.15, -0.1) is 10.2 Å². The number of nitrogens with zero attached hydrogens (tertiary/aromatic N) is 5. The summed E-state index contributed by atoms with van der Waals surface area (Å²) in [5, 5.41) is 7.68. The smallest absolute Gasteiger partial charge is 0.253 e. The molecule has 1 saturated heterocycles. The van der Waals surface area contributed by atoms with E-state index in [2.05, 4.69) is 10.2 Å². The summed E-state index contributed by atoms with van der Waals surface area (Å²) >= 11 is 0. The number of pyridine rings is 1. The fourth-order valence-electron chi connectivity index (χ4n) is 4.35. The Morgan fingerprint density at radius 1 is 1.00 bits per heavy atom. The van der Waals surface area contributed by atoms with Crippen molar-refractivity contribution < 1.29 is 9.18 Å². The highest BCUT2D eigenvalue weighted by Crippen LogP contribution is 2.27. The third-order valence-electron chi connectivity index (χ3n) is 6.06. The van der Waals surface area contributed by atoms with Gasteiger partial charge in [0.2, 0.25) is 0 Å². The molecule has 6 nitrogen and oxygen atoms in total. The van der Waals surface area contributed by atoms with Crippen LogP contribution in [0.3, 0.4) is 0 Å². The van der Waals surface area contributed by atoms with Crippen molar-refractivity contribution in [2.75, 3.05) is 13.1 Å². The van der Waals surface area contributed by atoms with Crippen molar-refractivity contribution in [2.24, 2.45) is 0 Å². The zero-order valence-electron chi connectivity index (χ0n) is 18.1. The van der Waals surface area contributed by atoms with Crippen LogP contribution in [-0.2, 0) is 6.42 Å². The molecule has 3 heterocycles. The highest BCUT2D eigenvalue weighted by Gasteiger charge is 2.26. The minimum absolute atomic E-state index is 0.0251. The summed E-state index contributed by atoms with van der Waals surface area (Å²) in [4.78, 5) is 20.1. The Morgan fingerprint density at radius 3 is 2.61 bits per heavy atom. The molecule has 0 saturated carbocycles. The first-order chi connectivity index (χ1) is 16.2. The number of carbonyl (C=O) groups excluding carboxylic acids is 1. The number of aromatic nitrogens is 4. The Bertz CT molecular complexity index is 1240. The maximum atomic E-state index is 13.3. The number of likely N-dealkylation sites (tertiary alicyclic amines) is 1. The van der Waals surface area contributed by atoms with Gasteiger partial charge in [0, 0.05) is 48.1 Å². The molecule has 1 amide bonds. The Hall–Kier alpha value is -3.87. The van der Waals surface area contributed by atoms with Gasteiger partial charge < -0.3 is 4.90 Å². The molecular weight excluding hydrogens is 417 g/mol. The van der Waals surface area contributed by atoms with Gasteiger partial charge >= 0.3 is 0 Å². The topological polar surface area (TPSA) is 63.9 Å². The van der Waals surface area contributed by atoms with Crippen molar-refractivity contribution >= 4 is 5.91 Å². The zero-order valence-corrected chi connectivity index (χ0v) is 18.1. The lowest BCUT2D eigenvalue weighted by Gasteiger charge is -2.32. The van der Waals surface area contributed by atoms with Crippen LogP contribution >= 0.6 is 0 Å². The summed E-state index contributed by atoms with van der Waals surface area (Å²) in [7, 11) is 0. The minimum atomic E-state index is -0.236. The molecule has 7 heteroatoms. The molecular formula is C26H24FN5O. The summed E-state index contributed by atoms with van der Waals surface area (Å²) in [6, 6.07) is 20.1. The summed E-state index contributed by atoms with van der Waals surface area (Å²) in [6.45, 7) is 1.38. The molecule has 1 fully saturated rings. The van der Waals surface area contributed by atoms with Crippen LogP contribution in [0.4, 0.5) is 4.39 Å². The van der Waals surface area contributed by atoms with E-state index in [1.165, 1.54) is 12.1 Å². The van der Waals surface area contributed by atoms with E-state index in [9.17, 15) is 9.18 Å². The average molecular weight is 442 g/mol. The monoisotopic (exact) mass is 441 g/mol. The summed E-state index contributed by atoms with van der Waals surface area (Å²) in [6.07, 6.45) is 5.82. The van der Waals surface area contributed by atoms with Gasteiger partial charge in [-0.2, -0.15) is 0 Å². The molecule has 0 unspecified atom stereocenters. The molecule has 5 rings (SSSR count). The Balaban J connectivity index is 1.30. The van der Waals surface area contributed by atoms with Crippen molar-refractivity contribution in [3.05, 3.63) is 108 Å². The molecule has 0 bridgehead atoms. The van der Waals surface area contributed by atoms with Crippen LogP contribution in [0.5, 0.6) is 0 Å². The van der Waals surface area contributed by atoms with Crippen molar-refractivity contribution in [2.45, 2.75) is 25.2 Å². The maximum Gasteiger partial charge on any atom is 0.253 e. The molecule has 0 aliphatic carbocycles. The van der Waals surface area contributed by atoms with Crippen LogP contribution in [0.2, 0.25) is 0 Å². The third-order valence-corrected chi connectivity index (χ3v) is 6.06. The summed E-state index contributed by atoms with van der Waals surface area (Å²) in [5.41, 5.74) is 4.48.